The van der Waals surface area contributed by atoms with Crippen molar-refractivity contribution in [1.82, 2.24) is 16.0 Å². The third kappa shape index (κ3) is 7.24. The van der Waals surface area contributed by atoms with Crippen molar-refractivity contribution in [3.05, 3.63) is 23.2 Å². The molecular weight excluding hydrogens is 378 g/mol. The number of amides is 3. The molecule has 0 radical (unpaired) electrons. The van der Waals surface area contributed by atoms with Gasteiger partial charge in [-0.2, -0.15) is 0 Å². The van der Waals surface area contributed by atoms with Gasteiger partial charge in [-0.3, -0.25) is 19.2 Å². The first-order valence-corrected chi connectivity index (χ1v) is 9.90. The summed E-state index contributed by atoms with van der Waals surface area (Å²) in [7, 11) is 0. The smallest absolute Gasteiger partial charge is 0.322 e. The number of carboxylic acid groups (broad SMARTS) is 1. The Labute approximate surface area is 169 Å². The van der Waals surface area contributed by atoms with Crippen molar-refractivity contribution in [2.75, 3.05) is 13.1 Å². The predicted molar refractivity (Wildman–Crippen MR) is 104 cm³/mol. The molecule has 1 saturated carbocycles. The molecule has 0 aliphatic heterocycles. The third-order valence-electron chi connectivity index (χ3n) is 5.17. The molecule has 1 aliphatic rings. The van der Waals surface area contributed by atoms with Gasteiger partial charge >= 0.3 is 5.97 Å². The summed E-state index contributed by atoms with van der Waals surface area (Å²) in [6, 6.07) is 0.822. The van der Waals surface area contributed by atoms with Gasteiger partial charge in [-0.1, -0.05) is 32.1 Å². The Bertz CT molecular complexity index is 732. The molecule has 0 unspecified atom stereocenters. The number of rotatable bonds is 9. The summed E-state index contributed by atoms with van der Waals surface area (Å²) in [4.78, 5) is 47.4. The third-order valence-corrected chi connectivity index (χ3v) is 5.17. The van der Waals surface area contributed by atoms with Crippen LogP contribution in [0.4, 0.5) is 0 Å². The van der Waals surface area contributed by atoms with E-state index in [-0.39, 0.29) is 12.3 Å². The average molecular weight is 407 g/mol. The quantitative estimate of drug-likeness (QED) is 0.487. The van der Waals surface area contributed by atoms with Crippen LogP contribution in [0.25, 0.3) is 0 Å². The first-order chi connectivity index (χ1) is 13.8. The first kappa shape index (κ1) is 22.4. The van der Waals surface area contributed by atoms with E-state index in [2.05, 4.69) is 16.0 Å². The standard InChI is InChI=1S/C20H29N3O6/c1-12-8-16(29-13(12)2)20(28)23-15(9-14-6-4-3-5-7-14)19(27)22-10-17(24)21-11-18(25)26/h8,14-15H,3-7,9-11H2,1-2H3,(H,21,24)(H,22,27)(H,23,28)(H,25,26)/t15-/m0/s1. The summed E-state index contributed by atoms with van der Waals surface area (Å²) in [5.41, 5.74) is 0.846. The van der Waals surface area contributed by atoms with Crippen LogP contribution in [-0.4, -0.2) is 47.9 Å². The number of hydrogen-bond donors (Lipinski definition) is 4. The fourth-order valence-corrected chi connectivity index (χ4v) is 3.43. The molecule has 1 atom stereocenters. The zero-order chi connectivity index (χ0) is 21.4. The molecule has 0 bridgehead atoms. The highest BCUT2D eigenvalue weighted by Gasteiger charge is 2.27. The lowest BCUT2D eigenvalue weighted by molar-refractivity contribution is -0.137. The van der Waals surface area contributed by atoms with Crippen LogP contribution in [0, 0.1) is 19.8 Å². The number of aryl methyl sites for hydroxylation is 2. The highest BCUT2D eigenvalue weighted by molar-refractivity contribution is 5.96. The second-order valence-corrected chi connectivity index (χ2v) is 7.50. The highest BCUT2D eigenvalue weighted by Crippen LogP contribution is 2.27. The fraction of sp³-hybridized carbons (Fsp3) is 0.600. The molecule has 3 amide bonds. The molecule has 29 heavy (non-hydrogen) atoms. The van der Waals surface area contributed by atoms with Gasteiger partial charge in [-0.05, 0) is 37.8 Å². The molecule has 4 N–H and O–H groups in total. The lowest BCUT2D eigenvalue weighted by Gasteiger charge is -2.26. The maximum absolute atomic E-state index is 12.6. The number of carbonyl (C=O) groups excluding carboxylic acids is 3. The molecule has 0 aromatic carbocycles. The van der Waals surface area contributed by atoms with Crippen molar-refractivity contribution in [1.29, 1.82) is 0 Å². The summed E-state index contributed by atoms with van der Waals surface area (Å²) in [6.45, 7) is 2.71. The largest absolute Gasteiger partial charge is 0.480 e. The Hall–Kier alpha value is -2.84. The molecule has 9 heteroatoms. The minimum atomic E-state index is -1.17. The second kappa shape index (κ2) is 10.6. The van der Waals surface area contributed by atoms with Gasteiger partial charge in [0, 0.05) is 0 Å². The van der Waals surface area contributed by atoms with E-state index in [0.29, 0.717) is 18.1 Å². The number of aliphatic carboxylic acids is 1. The Kier molecular flexibility index (Phi) is 8.23. The zero-order valence-electron chi connectivity index (χ0n) is 16.9. The van der Waals surface area contributed by atoms with Crippen molar-refractivity contribution in [2.45, 2.75) is 58.4 Å². The highest BCUT2D eigenvalue weighted by atomic mass is 16.4. The van der Waals surface area contributed by atoms with Gasteiger partial charge in [-0.25, -0.2) is 0 Å². The van der Waals surface area contributed by atoms with Crippen molar-refractivity contribution in [2.24, 2.45) is 5.92 Å². The Morgan fingerprint density at radius 2 is 1.79 bits per heavy atom. The minimum Gasteiger partial charge on any atom is -0.480 e. The van der Waals surface area contributed by atoms with Crippen LogP contribution in [-0.2, 0) is 14.4 Å². The molecule has 2 rings (SSSR count). The molecule has 1 aromatic rings. The van der Waals surface area contributed by atoms with Gasteiger partial charge in [-0.15, -0.1) is 0 Å². The Morgan fingerprint density at radius 3 is 2.38 bits per heavy atom. The molecule has 1 aromatic heterocycles. The molecular formula is C20H29N3O6. The SMILES string of the molecule is Cc1cc(C(=O)N[C@@H](CC2CCCCC2)C(=O)NCC(=O)NCC(=O)O)oc1C. The maximum atomic E-state index is 12.6. The molecule has 1 fully saturated rings. The van der Waals surface area contributed by atoms with Crippen molar-refractivity contribution in [3.8, 4) is 0 Å². The van der Waals surface area contributed by atoms with E-state index >= 15 is 0 Å². The first-order valence-electron chi connectivity index (χ1n) is 9.90. The van der Waals surface area contributed by atoms with Crippen LogP contribution in [0.15, 0.2) is 10.5 Å². The lowest BCUT2D eigenvalue weighted by atomic mass is 9.84. The number of furan rings is 1. The van der Waals surface area contributed by atoms with Crippen molar-refractivity contribution >= 4 is 23.7 Å². The Balaban J connectivity index is 1.99. The van der Waals surface area contributed by atoms with Crippen LogP contribution in [0.2, 0.25) is 0 Å². The molecule has 0 spiro atoms. The van der Waals surface area contributed by atoms with Crippen LogP contribution < -0.4 is 16.0 Å². The topological polar surface area (TPSA) is 138 Å². The van der Waals surface area contributed by atoms with Gasteiger partial charge < -0.3 is 25.5 Å². The zero-order valence-corrected chi connectivity index (χ0v) is 16.9. The molecule has 0 saturated heterocycles. The van der Waals surface area contributed by atoms with Crippen LogP contribution in [0.3, 0.4) is 0 Å². The van der Waals surface area contributed by atoms with E-state index in [9.17, 15) is 19.2 Å². The number of carbonyl (C=O) groups is 4. The van der Waals surface area contributed by atoms with Crippen molar-refractivity contribution in [3.63, 3.8) is 0 Å². The monoisotopic (exact) mass is 407 g/mol. The average Bonchev–Trinajstić information content (AvgIpc) is 3.03. The number of hydrogen-bond acceptors (Lipinski definition) is 5. The number of nitrogens with one attached hydrogen (secondary N) is 3. The fourth-order valence-electron chi connectivity index (χ4n) is 3.43. The van der Waals surface area contributed by atoms with E-state index in [1.807, 2.05) is 6.92 Å². The van der Waals surface area contributed by atoms with E-state index in [1.165, 1.54) is 6.42 Å². The molecule has 1 aliphatic carbocycles. The van der Waals surface area contributed by atoms with E-state index in [4.69, 9.17) is 9.52 Å². The Morgan fingerprint density at radius 1 is 1.10 bits per heavy atom. The van der Waals surface area contributed by atoms with E-state index < -0.39 is 36.3 Å². The van der Waals surface area contributed by atoms with Crippen LogP contribution in [0.5, 0.6) is 0 Å². The molecule has 160 valence electrons. The van der Waals surface area contributed by atoms with Gasteiger partial charge in [0.15, 0.2) is 5.76 Å². The van der Waals surface area contributed by atoms with Gasteiger partial charge in [0.1, 0.15) is 18.3 Å². The predicted octanol–water partition coefficient (Wildman–Crippen LogP) is 1.28. The lowest BCUT2D eigenvalue weighted by Crippen LogP contribution is -2.50. The summed E-state index contributed by atoms with van der Waals surface area (Å²) >= 11 is 0. The summed E-state index contributed by atoms with van der Waals surface area (Å²) in [5, 5.41) is 16.0. The van der Waals surface area contributed by atoms with Crippen molar-refractivity contribution < 1.29 is 28.7 Å². The van der Waals surface area contributed by atoms with Crippen LogP contribution >= 0.6 is 0 Å². The second-order valence-electron chi connectivity index (χ2n) is 7.50. The van der Waals surface area contributed by atoms with Crippen LogP contribution in [0.1, 0.15) is 60.4 Å². The summed E-state index contributed by atoms with van der Waals surface area (Å²) in [6.07, 6.45) is 5.85. The normalized spacial score (nSPS) is 15.4. The van der Waals surface area contributed by atoms with Gasteiger partial charge in [0.05, 0.1) is 6.54 Å². The molecule has 1 heterocycles. The van der Waals surface area contributed by atoms with E-state index in [1.54, 1.807) is 13.0 Å². The van der Waals surface area contributed by atoms with E-state index in [0.717, 1.165) is 31.2 Å². The molecule has 9 nitrogen and oxygen atoms in total. The number of carboxylic acids is 1. The summed E-state index contributed by atoms with van der Waals surface area (Å²) < 4.78 is 5.44. The van der Waals surface area contributed by atoms with Gasteiger partial charge in [0.25, 0.3) is 5.91 Å². The van der Waals surface area contributed by atoms with Gasteiger partial charge in [0.2, 0.25) is 11.8 Å². The minimum absolute atomic E-state index is 0.139. The summed E-state index contributed by atoms with van der Waals surface area (Å²) in [5.74, 6) is -1.64. The maximum Gasteiger partial charge on any atom is 0.322 e.